The third-order valence-corrected chi connectivity index (χ3v) is 3.51. The summed E-state index contributed by atoms with van der Waals surface area (Å²) >= 11 is 0. The van der Waals surface area contributed by atoms with Gasteiger partial charge in [-0.1, -0.05) is 6.42 Å². The summed E-state index contributed by atoms with van der Waals surface area (Å²) in [5.41, 5.74) is 5.69. The number of hydrogen-bond donors (Lipinski definition) is 1. The Hall–Kier alpha value is -1.16. The van der Waals surface area contributed by atoms with Gasteiger partial charge in [0, 0.05) is 18.0 Å². The van der Waals surface area contributed by atoms with Gasteiger partial charge in [0.2, 0.25) is 0 Å². The van der Waals surface area contributed by atoms with Gasteiger partial charge in [-0.2, -0.15) is 0 Å². The van der Waals surface area contributed by atoms with E-state index < -0.39 is 11.6 Å². The van der Waals surface area contributed by atoms with Crippen molar-refractivity contribution >= 4 is 0 Å². The van der Waals surface area contributed by atoms with E-state index in [0.29, 0.717) is 12.1 Å². The Morgan fingerprint density at radius 2 is 2.00 bits per heavy atom. The molecule has 1 aliphatic rings. The predicted octanol–water partition coefficient (Wildman–Crippen LogP) is 2.35. The first-order chi connectivity index (χ1) is 7.63. The third-order valence-electron chi connectivity index (χ3n) is 3.51. The molecule has 1 aliphatic carbocycles. The number of halogens is 2. The normalized spacial score (nSPS) is 18.0. The van der Waals surface area contributed by atoms with Crippen LogP contribution in [-0.2, 0) is 5.41 Å². The zero-order valence-corrected chi connectivity index (χ0v) is 9.22. The highest BCUT2D eigenvalue weighted by atomic mass is 19.1. The van der Waals surface area contributed by atoms with Crippen molar-refractivity contribution < 1.29 is 13.5 Å². The summed E-state index contributed by atoms with van der Waals surface area (Å²) in [4.78, 5) is 0. The maximum Gasteiger partial charge on any atom is 0.165 e. The van der Waals surface area contributed by atoms with Crippen molar-refractivity contribution in [3.63, 3.8) is 0 Å². The van der Waals surface area contributed by atoms with Gasteiger partial charge in [-0.3, -0.25) is 0 Å². The van der Waals surface area contributed by atoms with Gasteiger partial charge in [-0.25, -0.2) is 8.78 Å². The van der Waals surface area contributed by atoms with E-state index in [-0.39, 0.29) is 11.2 Å². The molecule has 16 heavy (non-hydrogen) atoms. The van der Waals surface area contributed by atoms with Crippen molar-refractivity contribution in [2.75, 3.05) is 13.7 Å². The van der Waals surface area contributed by atoms with Gasteiger partial charge in [0.25, 0.3) is 0 Å². The Balaban J connectivity index is 2.45. The predicted molar refractivity (Wildman–Crippen MR) is 57.5 cm³/mol. The lowest BCUT2D eigenvalue weighted by molar-refractivity contribution is 0.242. The molecule has 0 spiro atoms. The molecule has 0 unspecified atom stereocenters. The molecule has 2 nitrogen and oxygen atoms in total. The minimum Gasteiger partial charge on any atom is -0.494 e. The van der Waals surface area contributed by atoms with Crippen LogP contribution in [0.4, 0.5) is 8.78 Å². The number of hydrogen-bond acceptors (Lipinski definition) is 2. The van der Waals surface area contributed by atoms with Gasteiger partial charge < -0.3 is 10.5 Å². The number of nitrogens with two attached hydrogens (primary N) is 1. The third kappa shape index (κ3) is 1.57. The van der Waals surface area contributed by atoms with Crippen LogP contribution in [0.2, 0.25) is 0 Å². The maximum atomic E-state index is 13.8. The first-order valence-electron chi connectivity index (χ1n) is 5.36. The maximum absolute atomic E-state index is 13.8. The van der Waals surface area contributed by atoms with Gasteiger partial charge in [0.1, 0.15) is 5.82 Å². The van der Waals surface area contributed by atoms with Crippen molar-refractivity contribution in [3.8, 4) is 5.75 Å². The molecule has 0 aliphatic heterocycles. The van der Waals surface area contributed by atoms with E-state index in [0.717, 1.165) is 25.3 Å². The molecule has 0 amide bonds. The summed E-state index contributed by atoms with van der Waals surface area (Å²) in [5.74, 6) is -1.02. The number of rotatable bonds is 3. The van der Waals surface area contributed by atoms with E-state index >= 15 is 0 Å². The van der Waals surface area contributed by atoms with E-state index in [1.54, 1.807) is 0 Å². The standard InChI is InChI=1S/C12H15F2NO/c1-16-11-6-9(13)8(5-10(11)14)12(7-15)3-2-4-12/h5-6H,2-4,7,15H2,1H3. The van der Waals surface area contributed by atoms with Crippen molar-refractivity contribution in [3.05, 3.63) is 29.3 Å². The van der Waals surface area contributed by atoms with Crippen LogP contribution in [-0.4, -0.2) is 13.7 Å². The second-order valence-corrected chi connectivity index (χ2v) is 4.30. The Bertz CT molecular complexity index is 397. The molecule has 88 valence electrons. The molecule has 0 radical (unpaired) electrons. The molecule has 0 atom stereocenters. The molecule has 4 heteroatoms. The van der Waals surface area contributed by atoms with Crippen LogP contribution in [0, 0.1) is 11.6 Å². The molecular formula is C12H15F2NO. The Kier molecular flexibility index (Phi) is 2.84. The fourth-order valence-corrected chi connectivity index (χ4v) is 2.28. The average Bonchev–Trinajstić information content (AvgIpc) is 2.22. The van der Waals surface area contributed by atoms with Gasteiger partial charge >= 0.3 is 0 Å². The van der Waals surface area contributed by atoms with Crippen LogP contribution in [0.15, 0.2) is 12.1 Å². The van der Waals surface area contributed by atoms with Crippen molar-refractivity contribution in [2.45, 2.75) is 24.7 Å². The topological polar surface area (TPSA) is 35.2 Å². The molecule has 0 saturated heterocycles. The molecule has 1 aromatic rings. The zero-order valence-electron chi connectivity index (χ0n) is 9.22. The lowest BCUT2D eigenvalue weighted by Crippen LogP contribution is -2.42. The highest BCUT2D eigenvalue weighted by molar-refractivity contribution is 5.37. The highest BCUT2D eigenvalue weighted by Crippen LogP contribution is 2.44. The first kappa shape index (κ1) is 11.3. The van der Waals surface area contributed by atoms with Gasteiger partial charge in [0.05, 0.1) is 7.11 Å². The molecule has 2 rings (SSSR count). The lowest BCUT2D eigenvalue weighted by atomic mass is 9.64. The molecule has 1 aromatic carbocycles. The summed E-state index contributed by atoms with van der Waals surface area (Å²) in [6.45, 7) is 0.357. The second kappa shape index (κ2) is 4.01. The lowest BCUT2D eigenvalue weighted by Gasteiger charge is -2.41. The van der Waals surface area contributed by atoms with Crippen molar-refractivity contribution in [2.24, 2.45) is 5.73 Å². The summed E-state index contributed by atoms with van der Waals surface area (Å²) in [5, 5.41) is 0. The van der Waals surface area contributed by atoms with Gasteiger partial charge in [-0.05, 0) is 24.5 Å². The molecule has 0 heterocycles. The largest absolute Gasteiger partial charge is 0.494 e. The summed E-state index contributed by atoms with van der Waals surface area (Å²) in [6, 6.07) is 2.32. The average molecular weight is 227 g/mol. The van der Waals surface area contributed by atoms with Gasteiger partial charge in [-0.15, -0.1) is 0 Å². The second-order valence-electron chi connectivity index (χ2n) is 4.30. The van der Waals surface area contributed by atoms with E-state index in [1.807, 2.05) is 0 Å². The van der Waals surface area contributed by atoms with Crippen molar-refractivity contribution in [1.29, 1.82) is 0 Å². The fraction of sp³-hybridized carbons (Fsp3) is 0.500. The quantitative estimate of drug-likeness (QED) is 0.860. The minimum atomic E-state index is -0.529. The highest BCUT2D eigenvalue weighted by Gasteiger charge is 2.39. The smallest absolute Gasteiger partial charge is 0.165 e. The SMILES string of the molecule is COc1cc(F)c(C2(CN)CCC2)cc1F. The van der Waals surface area contributed by atoms with E-state index in [9.17, 15) is 8.78 Å². The Morgan fingerprint density at radius 1 is 1.31 bits per heavy atom. The fourth-order valence-electron chi connectivity index (χ4n) is 2.28. The zero-order chi connectivity index (χ0) is 11.8. The molecule has 1 saturated carbocycles. The molecule has 0 bridgehead atoms. The van der Waals surface area contributed by atoms with Crippen LogP contribution < -0.4 is 10.5 Å². The Morgan fingerprint density at radius 3 is 2.44 bits per heavy atom. The van der Waals surface area contributed by atoms with Gasteiger partial charge in [0.15, 0.2) is 11.6 Å². The Labute approximate surface area is 93.4 Å². The monoisotopic (exact) mass is 227 g/mol. The first-order valence-corrected chi connectivity index (χ1v) is 5.36. The van der Waals surface area contributed by atoms with E-state index in [4.69, 9.17) is 10.5 Å². The molecule has 2 N–H and O–H groups in total. The van der Waals surface area contributed by atoms with E-state index in [2.05, 4.69) is 0 Å². The van der Waals surface area contributed by atoms with Crippen LogP contribution in [0.25, 0.3) is 0 Å². The van der Waals surface area contributed by atoms with Crippen LogP contribution >= 0.6 is 0 Å². The van der Waals surface area contributed by atoms with Crippen LogP contribution in [0.3, 0.4) is 0 Å². The van der Waals surface area contributed by atoms with Crippen LogP contribution in [0.1, 0.15) is 24.8 Å². The number of benzene rings is 1. The minimum absolute atomic E-state index is 0.0623. The van der Waals surface area contributed by atoms with Crippen LogP contribution in [0.5, 0.6) is 5.75 Å². The summed E-state index contributed by atoms with van der Waals surface area (Å²) < 4.78 is 32.1. The number of methoxy groups -OCH3 is 1. The number of ether oxygens (including phenoxy) is 1. The summed E-state index contributed by atoms with van der Waals surface area (Å²) in [7, 11) is 1.32. The molecule has 1 fully saturated rings. The summed E-state index contributed by atoms with van der Waals surface area (Å²) in [6.07, 6.45) is 2.67. The van der Waals surface area contributed by atoms with E-state index in [1.165, 1.54) is 13.2 Å². The molecular weight excluding hydrogens is 212 g/mol. The molecule has 0 aromatic heterocycles. The van der Waals surface area contributed by atoms with Crippen molar-refractivity contribution in [1.82, 2.24) is 0 Å².